The van der Waals surface area contributed by atoms with Gasteiger partial charge in [-0.2, -0.15) is 5.10 Å². The highest BCUT2D eigenvalue weighted by Gasteiger charge is 1.95. The predicted molar refractivity (Wildman–Crippen MR) is 55.0 cm³/mol. The third-order valence-electron chi connectivity index (χ3n) is 1.81. The molecule has 0 bridgehead atoms. The molecule has 1 aromatic heterocycles. The summed E-state index contributed by atoms with van der Waals surface area (Å²) in [6.45, 7) is 0.807. The van der Waals surface area contributed by atoms with Crippen LogP contribution in [0, 0.1) is 0 Å². The molecule has 0 radical (unpaired) electrons. The molecule has 0 amide bonds. The number of rotatable bonds is 2. The first-order chi connectivity index (χ1) is 6.34. The van der Waals surface area contributed by atoms with Gasteiger partial charge in [0.15, 0.2) is 0 Å². The third kappa shape index (κ3) is 2.12. The standard InChI is InChI=1S/C10H10N2S/c13-10-6-11-12(8-10)7-9-4-2-1-3-5-9/h1-6,8,13H,7H2. The second-order valence-electron chi connectivity index (χ2n) is 2.88. The lowest BCUT2D eigenvalue weighted by atomic mass is 10.2. The zero-order valence-electron chi connectivity index (χ0n) is 7.09. The Kier molecular flexibility index (Phi) is 2.36. The van der Waals surface area contributed by atoms with Gasteiger partial charge in [-0.3, -0.25) is 4.68 Å². The van der Waals surface area contributed by atoms with Crippen LogP contribution in [0.25, 0.3) is 0 Å². The molecule has 13 heavy (non-hydrogen) atoms. The van der Waals surface area contributed by atoms with Gasteiger partial charge >= 0.3 is 0 Å². The van der Waals surface area contributed by atoms with Crippen molar-refractivity contribution in [1.82, 2.24) is 9.78 Å². The first kappa shape index (κ1) is 8.38. The maximum atomic E-state index is 4.19. The lowest BCUT2D eigenvalue weighted by molar-refractivity contribution is 0.686. The van der Waals surface area contributed by atoms with E-state index in [2.05, 4.69) is 29.9 Å². The van der Waals surface area contributed by atoms with Crippen molar-refractivity contribution in [2.45, 2.75) is 11.4 Å². The van der Waals surface area contributed by atoms with Crippen LogP contribution in [0.3, 0.4) is 0 Å². The van der Waals surface area contributed by atoms with E-state index in [-0.39, 0.29) is 0 Å². The van der Waals surface area contributed by atoms with Crippen LogP contribution < -0.4 is 0 Å². The zero-order valence-corrected chi connectivity index (χ0v) is 7.98. The van der Waals surface area contributed by atoms with Crippen LogP contribution in [-0.2, 0) is 6.54 Å². The summed E-state index contributed by atoms with van der Waals surface area (Å²) in [5.41, 5.74) is 1.25. The molecule has 3 heteroatoms. The molecule has 2 nitrogen and oxygen atoms in total. The number of aromatic nitrogens is 2. The Bertz CT molecular complexity index is 381. The van der Waals surface area contributed by atoms with Gasteiger partial charge in [-0.05, 0) is 5.56 Å². The molecule has 0 saturated carbocycles. The van der Waals surface area contributed by atoms with Gasteiger partial charge in [0.25, 0.3) is 0 Å². The SMILES string of the molecule is Sc1cnn(Cc2ccccc2)c1. The van der Waals surface area contributed by atoms with E-state index >= 15 is 0 Å². The first-order valence-electron chi connectivity index (χ1n) is 4.10. The summed E-state index contributed by atoms with van der Waals surface area (Å²) in [6, 6.07) is 10.2. The molecule has 0 atom stereocenters. The molecule has 2 aromatic rings. The summed E-state index contributed by atoms with van der Waals surface area (Å²) in [6.07, 6.45) is 3.65. The Balaban J connectivity index is 2.15. The minimum atomic E-state index is 0.807. The van der Waals surface area contributed by atoms with Crippen molar-refractivity contribution in [2.24, 2.45) is 0 Å². The zero-order chi connectivity index (χ0) is 9.10. The molecule has 1 heterocycles. The molecule has 0 unspecified atom stereocenters. The molecular weight excluding hydrogens is 180 g/mol. The quantitative estimate of drug-likeness (QED) is 0.719. The van der Waals surface area contributed by atoms with E-state index in [0.717, 1.165) is 11.4 Å². The van der Waals surface area contributed by atoms with Crippen LogP contribution in [0.1, 0.15) is 5.56 Å². The number of nitrogens with zero attached hydrogens (tertiary/aromatic N) is 2. The minimum absolute atomic E-state index is 0.807. The molecule has 1 aromatic carbocycles. The molecule has 0 spiro atoms. The maximum absolute atomic E-state index is 4.19. The number of hydrogen-bond acceptors (Lipinski definition) is 2. The second-order valence-corrected chi connectivity index (χ2v) is 3.40. The third-order valence-corrected chi connectivity index (χ3v) is 2.04. The molecule has 0 fully saturated rings. The highest BCUT2D eigenvalue weighted by Crippen LogP contribution is 2.05. The minimum Gasteiger partial charge on any atom is -0.267 e. The van der Waals surface area contributed by atoms with E-state index in [1.165, 1.54) is 5.56 Å². The van der Waals surface area contributed by atoms with E-state index in [4.69, 9.17) is 0 Å². The summed E-state index contributed by atoms with van der Waals surface area (Å²) in [4.78, 5) is 0.899. The van der Waals surface area contributed by atoms with Gasteiger partial charge < -0.3 is 0 Å². The largest absolute Gasteiger partial charge is 0.267 e. The topological polar surface area (TPSA) is 17.8 Å². The second kappa shape index (κ2) is 3.66. The lowest BCUT2D eigenvalue weighted by Gasteiger charge is -1.99. The van der Waals surface area contributed by atoms with Crippen molar-refractivity contribution < 1.29 is 0 Å². The van der Waals surface area contributed by atoms with Crippen molar-refractivity contribution in [2.75, 3.05) is 0 Å². The summed E-state index contributed by atoms with van der Waals surface area (Å²) >= 11 is 4.19. The average molecular weight is 190 g/mol. The van der Waals surface area contributed by atoms with Crippen LogP contribution in [0.4, 0.5) is 0 Å². The summed E-state index contributed by atoms with van der Waals surface area (Å²) in [7, 11) is 0. The van der Waals surface area contributed by atoms with Gasteiger partial charge in [-0.1, -0.05) is 30.3 Å². The van der Waals surface area contributed by atoms with Crippen LogP contribution in [0.15, 0.2) is 47.6 Å². The fourth-order valence-electron chi connectivity index (χ4n) is 1.21. The Hall–Kier alpha value is -1.22. The Labute approximate surface area is 82.6 Å². The van der Waals surface area contributed by atoms with Gasteiger partial charge in [0.2, 0.25) is 0 Å². The van der Waals surface area contributed by atoms with Crippen molar-refractivity contribution in [3.8, 4) is 0 Å². The van der Waals surface area contributed by atoms with Gasteiger partial charge in [0.05, 0.1) is 12.7 Å². The Morgan fingerprint density at radius 3 is 2.62 bits per heavy atom. The highest BCUT2D eigenvalue weighted by atomic mass is 32.1. The molecule has 0 aliphatic heterocycles. The molecule has 2 rings (SSSR count). The number of thiol groups is 1. The Morgan fingerprint density at radius 2 is 2.00 bits per heavy atom. The van der Waals surface area contributed by atoms with Crippen molar-refractivity contribution in [3.05, 3.63) is 48.3 Å². The first-order valence-corrected chi connectivity index (χ1v) is 4.55. The molecule has 0 aliphatic rings. The normalized spacial score (nSPS) is 10.2. The van der Waals surface area contributed by atoms with E-state index in [9.17, 15) is 0 Å². The van der Waals surface area contributed by atoms with Crippen molar-refractivity contribution in [1.29, 1.82) is 0 Å². The summed E-state index contributed by atoms with van der Waals surface area (Å²) in [5.74, 6) is 0. The van der Waals surface area contributed by atoms with Crippen LogP contribution >= 0.6 is 12.6 Å². The molecule has 0 N–H and O–H groups in total. The lowest BCUT2D eigenvalue weighted by Crippen LogP contribution is -1.98. The van der Waals surface area contributed by atoms with Crippen LogP contribution in [0.2, 0.25) is 0 Å². The van der Waals surface area contributed by atoms with Gasteiger partial charge in [0.1, 0.15) is 0 Å². The monoisotopic (exact) mass is 190 g/mol. The van der Waals surface area contributed by atoms with Gasteiger partial charge in [0, 0.05) is 11.1 Å². The molecule has 0 aliphatic carbocycles. The number of hydrogen-bond donors (Lipinski definition) is 1. The fraction of sp³-hybridized carbons (Fsp3) is 0.100. The van der Waals surface area contributed by atoms with Crippen LogP contribution in [-0.4, -0.2) is 9.78 Å². The van der Waals surface area contributed by atoms with Crippen molar-refractivity contribution in [3.63, 3.8) is 0 Å². The predicted octanol–water partition coefficient (Wildman–Crippen LogP) is 2.22. The smallest absolute Gasteiger partial charge is 0.0659 e. The van der Waals surface area contributed by atoms with Gasteiger partial charge in [-0.25, -0.2) is 0 Å². The number of benzene rings is 1. The molecule has 0 saturated heterocycles. The fourth-order valence-corrected chi connectivity index (χ4v) is 1.39. The molecular formula is C10H10N2S. The van der Waals surface area contributed by atoms with E-state index in [1.807, 2.05) is 29.1 Å². The average Bonchev–Trinajstić information content (AvgIpc) is 2.53. The highest BCUT2D eigenvalue weighted by molar-refractivity contribution is 7.80. The van der Waals surface area contributed by atoms with Crippen LogP contribution in [0.5, 0.6) is 0 Å². The summed E-state index contributed by atoms with van der Waals surface area (Å²) < 4.78 is 1.87. The van der Waals surface area contributed by atoms with Crippen molar-refractivity contribution >= 4 is 12.6 Å². The van der Waals surface area contributed by atoms with E-state index < -0.39 is 0 Å². The Morgan fingerprint density at radius 1 is 1.23 bits per heavy atom. The maximum Gasteiger partial charge on any atom is 0.0659 e. The van der Waals surface area contributed by atoms with Gasteiger partial charge in [-0.15, -0.1) is 12.6 Å². The summed E-state index contributed by atoms with van der Waals surface area (Å²) in [5, 5.41) is 4.15. The van der Waals surface area contributed by atoms with E-state index in [0.29, 0.717) is 0 Å². The van der Waals surface area contributed by atoms with E-state index in [1.54, 1.807) is 6.20 Å². The molecule has 66 valence electrons.